The molecule has 0 aliphatic carbocycles. The highest BCUT2D eigenvalue weighted by atomic mass is 16.2. The highest BCUT2D eigenvalue weighted by Gasteiger charge is 2.12. The third-order valence-electron chi connectivity index (χ3n) is 3.06. The van der Waals surface area contributed by atoms with Crippen molar-refractivity contribution in [1.29, 1.82) is 0 Å². The van der Waals surface area contributed by atoms with E-state index in [-0.39, 0.29) is 5.91 Å². The molecule has 0 spiro atoms. The van der Waals surface area contributed by atoms with Crippen molar-refractivity contribution in [2.24, 2.45) is 0 Å². The summed E-state index contributed by atoms with van der Waals surface area (Å²) in [7, 11) is 1.78. The minimum atomic E-state index is -0.0478. The maximum absolute atomic E-state index is 12.3. The lowest BCUT2D eigenvalue weighted by atomic mass is 10.2. The fraction of sp³-hybridized carbons (Fsp3) is 0.312. The molecule has 0 bridgehead atoms. The van der Waals surface area contributed by atoms with Gasteiger partial charge in [-0.1, -0.05) is 13.0 Å². The van der Waals surface area contributed by atoms with Gasteiger partial charge in [0.1, 0.15) is 5.82 Å². The molecule has 21 heavy (non-hydrogen) atoms. The number of pyridine rings is 2. The standard InChI is InChI=1S/C16H20N4O/c1-3-8-18-15-7-6-14(11-19-15)16(21)20(2)12-13-5-4-9-17-10-13/h4-7,9-11H,3,8,12H2,1-2H3,(H,18,19). The van der Waals surface area contributed by atoms with E-state index in [1.54, 1.807) is 36.6 Å². The van der Waals surface area contributed by atoms with E-state index in [0.717, 1.165) is 24.3 Å². The number of nitrogens with one attached hydrogen (secondary N) is 1. The lowest BCUT2D eigenvalue weighted by Crippen LogP contribution is -2.26. The van der Waals surface area contributed by atoms with Crippen LogP contribution in [-0.4, -0.2) is 34.4 Å². The van der Waals surface area contributed by atoms with Crippen LogP contribution in [0.1, 0.15) is 29.3 Å². The SMILES string of the molecule is CCCNc1ccc(C(=O)N(C)Cc2cccnc2)cn1. The molecule has 1 amide bonds. The van der Waals surface area contributed by atoms with Crippen LogP contribution in [0.3, 0.4) is 0 Å². The summed E-state index contributed by atoms with van der Waals surface area (Å²) in [5.74, 6) is 0.747. The Bertz CT molecular complexity index is 569. The fourth-order valence-electron chi connectivity index (χ4n) is 1.94. The van der Waals surface area contributed by atoms with E-state index in [1.165, 1.54) is 0 Å². The Kier molecular flexibility index (Phi) is 5.26. The van der Waals surface area contributed by atoms with Crippen molar-refractivity contribution < 1.29 is 4.79 Å². The molecule has 2 heterocycles. The van der Waals surface area contributed by atoms with E-state index in [2.05, 4.69) is 22.2 Å². The molecule has 0 aliphatic rings. The van der Waals surface area contributed by atoms with Crippen LogP contribution in [0, 0.1) is 0 Å². The molecular weight excluding hydrogens is 264 g/mol. The predicted molar refractivity (Wildman–Crippen MR) is 83.1 cm³/mol. The van der Waals surface area contributed by atoms with E-state index in [0.29, 0.717) is 12.1 Å². The average molecular weight is 284 g/mol. The maximum Gasteiger partial charge on any atom is 0.255 e. The van der Waals surface area contributed by atoms with Gasteiger partial charge in [-0.15, -0.1) is 0 Å². The molecule has 110 valence electrons. The molecule has 5 nitrogen and oxygen atoms in total. The maximum atomic E-state index is 12.3. The second-order valence-electron chi connectivity index (χ2n) is 4.88. The minimum Gasteiger partial charge on any atom is -0.370 e. The predicted octanol–water partition coefficient (Wildman–Crippen LogP) is 2.57. The van der Waals surface area contributed by atoms with Gasteiger partial charge in [0.15, 0.2) is 0 Å². The molecule has 0 saturated carbocycles. The topological polar surface area (TPSA) is 58.1 Å². The third-order valence-corrected chi connectivity index (χ3v) is 3.06. The Labute approximate surface area is 125 Å². The number of amides is 1. The molecule has 0 aromatic carbocycles. The van der Waals surface area contributed by atoms with Crippen LogP contribution in [0.4, 0.5) is 5.82 Å². The van der Waals surface area contributed by atoms with Crippen molar-refractivity contribution in [2.75, 3.05) is 18.9 Å². The zero-order chi connectivity index (χ0) is 15.1. The van der Waals surface area contributed by atoms with Gasteiger partial charge in [0.2, 0.25) is 0 Å². The normalized spacial score (nSPS) is 10.2. The van der Waals surface area contributed by atoms with E-state index >= 15 is 0 Å². The van der Waals surface area contributed by atoms with E-state index in [9.17, 15) is 4.79 Å². The Morgan fingerprint density at radius 3 is 2.76 bits per heavy atom. The first-order valence-electron chi connectivity index (χ1n) is 7.05. The van der Waals surface area contributed by atoms with Crippen LogP contribution in [0.5, 0.6) is 0 Å². The van der Waals surface area contributed by atoms with Crippen LogP contribution in [0.15, 0.2) is 42.9 Å². The second-order valence-corrected chi connectivity index (χ2v) is 4.88. The number of rotatable bonds is 6. The molecule has 1 N–H and O–H groups in total. The summed E-state index contributed by atoms with van der Waals surface area (Å²) in [5.41, 5.74) is 1.59. The molecule has 0 aliphatic heterocycles. The highest BCUT2D eigenvalue weighted by molar-refractivity contribution is 5.93. The summed E-state index contributed by atoms with van der Waals surface area (Å²) in [5, 5.41) is 3.19. The van der Waals surface area contributed by atoms with E-state index in [1.807, 2.05) is 18.2 Å². The van der Waals surface area contributed by atoms with Gasteiger partial charge in [0.25, 0.3) is 5.91 Å². The molecule has 2 aromatic rings. The largest absolute Gasteiger partial charge is 0.370 e. The molecule has 2 aromatic heterocycles. The minimum absolute atomic E-state index is 0.0478. The van der Waals surface area contributed by atoms with Gasteiger partial charge in [0, 0.05) is 38.7 Å². The van der Waals surface area contributed by atoms with Crippen molar-refractivity contribution in [3.05, 3.63) is 54.0 Å². The van der Waals surface area contributed by atoms with Gasteiger partial charge < -0.3 is 10.2 Å². The lowest BCUT2D eigenvalue weighted by molar-refractivity contribution is 0.0784. The number of aromatic nitrogens is 2. The summed E-state index contributed by atoms with van der Waals surface area (Å²) in [4.78, 5) is 22.3. The van der Waals surface area contributed by atoms with E-state index in [4.69, 9.17) is 0 Å². The molecule has 0 atom stereocenters. The van der Waals surface area contributed by atoms with Gasteiger partial charge in [0.05, 0.1) is 5.56 Å². The zero-order valence-electron chi connectivity index (χ0n) is 12.4. The monoisotopic (exact) mass is 284 g/mol. The average Bonchev–Trinajstić information content (AvgIpc) is 2.53. The molecule has 0 fully saturated rings. The van der Waals surface area contributed by atoms with Crippen molar-refractivity contribution in [2.45, 2.75) is 19.9 Å². The number of nitrogens with zero attached hydrogens (tertiary/aromatic N) is 3. The fourth-order valence-corrected chi connectivity index (χ4v) is 1.94. The highest BCUT2D eigenvalue weighted by Crippen LogP contribution is 2.09. The summed E-state index contributed by atoms with van der Waals surface area (Å²) in [6.07, 6.45) is 6.13. The number of carbonyl (C=O) groups is 1. The summed E-state index contributed by atoms with van der Waals surface area (Å²) in [6.45, 7) is 3.50. The van der Waals surface area contributed by atoms with Crippen molar-refractivity contribution in [1.82, 2.24) is 14.9 Å². The molecule has 0 saturated heterocycles. The molecule has 0 radical (unpaired) electrons. The Morgan fingerprint density at radius 2 is 2.14 bits per heavy atom. The number of hydrogen-bond donors (Lipinski definition) is 1. The van der Waals surface area contributed by atoms with E-state index < -0.39 is 0 Å². The van der Waals surface area contributed by atoms with Gasteiger partial charge >= 0.3 is 0 Å². The van der Waals surface area contributed by atoms with Crippen molar-refractivity contribution >= 4 is 11.7 Å². The summed E-state index contributed by atoms with van der Waals surface area (Å²) >= 11 is 0. The lowest BCUT2D eigenvalue weighted by Gasteiger charge is -2.17. The Morgan fingerprint density at radius 1 is 1.29 bits per heavy atom. The Balaban J connectivity index is 1.98. The summed E-state index contributed by atoms with van der Waals surface area (Å²) < 4.78 is 0. The number of anilines is 1. The van der Waals surface area contributed by atoms with Gasteiger partial charge in [-0.25, -0.2) is 4.98 Å². The molecule has 5 heteroatoms. The first-order chi connectivity index (χ1) is 10.2. The van der Waals surface area contributed by atoms with Crippen molar-refractivity contribution in [3.63, 3.8) is 0 Å². The van der Waals surface area contributed by atoms with Crippen LogP contribution in [-0.2, 0) is 6.54 Å². The first kappa shape index (κ1) is 15.0. The first-order valence-corrected chi connectivity index (χ1v) is 7.05. The quantitative estimate of drug-likeness (QED) is 0.885. The Hall–Kier alpha value is -2.43. The zero-order valence-corrected chi connectivity index (χ0v) is 12.4. The molecular formula is C16H20N4O. The second kappa shape index (κ2) is 7.38. The van der Waals surface area contributed by atoms with Crippen LogP contribution in [0.2, 0.25) is 0 Å². The smallest absolute Gasteiger partial charge is 0.255 e. The number of hydrogen-bond acceptors (Lipinski definition) is 4. The number of carbonyl (C=O) groups excluding carboxylic acids is 1. The van der Waals surface area contributed by atoms with Crippen LogP contribution in [0.25, 0.3) is 0 Å². The van der Waals surface area contributed by atoms with Gasteiger partial charge in [-0.05, 0) is 30.2 Å². The summed E-state index contributed by atoms with van der Waals surface area (Å²) in [6, 6.07) is 7.45. The van der Waals surface area contributed by atoms with Crippen molar-refractivity contribution in [3.8, 4) is 0 Å². The molecule has 0 unspecified atom stereocenters. The van der Waals surface area contributed by atoms with Crippen LogP contribution >= 0.6 is 0 Å². The third kappa shape index (κ3) is 4.27. The van der Waals surface area contributed by atoms with Gasteiger partial charge in [-0.3, -0.25) is 9.78 Å². The van der Waals surface area contributed by atoms with Gasteiger partial charge in [-0.2, -0.15) is 0 Å². The molecule has 2 rings (SSSR count). The van der Waals surface area contributed by atoms with Crippen LogP contribution < -0.4 is 5.32 Å².